The molecule has 0 saturated carbocycles. The molecule has 3 rings (SSSR count). The van der Waals surface area contributed by atoms with Crippen LogP contribution in [0.15, 0.2) is 48.5 Å². The normalized spacial score (nSPS) is 10.8. The van der Waals surface area contributed by atoms with E-state index in [1.807, 2.05) is 25.1 Å². The highest BCUT2D eigenvalue weighted by atomic mass is 16.3. The van der Waals surface area contributed by atoms with E-state index in [-0.39, 0.29) is 11.7 Å². The minimum atomic E-state index is -0.254. The van der Waals surface area contributed by atoms with Crippen LogP contribution >= 0.6 is 0 Å². The molecule has 3 N–H and O–H groups in total. The quantitative estimate of drug-likeness (QED) is 0.692. The van der Waals surface area contributed by atoms with Gasteiger partial charge in [-0.2, -0.15) is 0 Å². The van der Waals surface area contributed by atoms with Crippen molar-refractivity contribution >= 4 is 16.8 Å². The van der Waals surface area contributed by atoms with Crippen molar-refractivity contribution in [3.63, 3.8) is 0 Å². The summed E-state index contributed by atoms with van der Waals surface area (Å²) in [5, 5.41) is 13.7. The number of para-hydroxylation sites is 2. The number of H-pyrrole nitrogens is 1. The number of aromatic amines is 1. The van der Waals surface area contributed by atoms with Crippen LogP contribution < -0.4 is 5.32 Å². The Morgan fingerprint density at radius 3 is 2.68 bits per heavy atom. The minimum Gasteiger partial charge on any atom is -0.507 e. The number of rotatable bonds is 4. The van der Waals surface area contributed by atoms with Crippen LogP contribution in [0.1, 0.15) is 21.6 Å². The summed E-state index contributed by atoms with van der Waals surface area (Å²) in [6, 6.07) is 14.7. The van der Waals surface area contributed by atoms with Gasteiger partial charge in [-0.15, -0.1) is 0 Å². The van der Waals surface area contributed by atoms with Gasteiger partial charge in [-0.1, -0.05) is 30.3 Å². The molecule has 0 aliphatic carbocycles. The molecular weight excluding hydrogens is 276 g/mol. The second kappa shape index (κ2) is 5.93. The Labute approximate surface area is 128 Å². The van der Waals surface area contributed by atoms with Gasteiger partial charge in [0.1, 0.15) is 5.75 Å². The van der Waals surface area contributed by atoms with Crippen LogP contribution in [0.2, 0.25) is 0 Å². The van der Waals surface area contributed by atoms with Crippen molar-refractivity contribution in [2.75, 3.05) is 6.54 Å². The maximum absolute atomic E-state index is 12.1. The number of carbonyl (C=O) groups excluding carboxylic acids is 1. The van der Waals surface area contributed by atoms with E-state index in [1.54, 1.807) is 18.2 Å². The van der Waals surface area contributed by atoms with Gasteiger partial charge in [0, 0.05) is 23.1 Å². The van der Waals surface area contributed by atoms with Crippen molar-refractivity contribution < 1.29 is 9.90 Å². The predicted octanol–water partition coefficient (Wildman–Crippen LogP) is 3.15. The minimum absolute atomic E-state index is 0.00303. The lowest BCUT2D eigenvalue weighted by Gasteiger charge is -2.07. The number of hydrogen-bond acceptors (Lipinski definition) is 2. The van der Waals surface area contributed by atoms with Crippen LogP contribution in [0.4, 0.5) is 0 Å². The number of aromatic nitrogens is 1. The number of carbonyl (C=O) groups is 1. The molecule has 0 spiro atoms. The van der Waals surface area contributed by atoms with Crippen LogP contribution in [0.25, 0.3) is 10.9 Å². The van der Waals surface area contributed by atoms with Gasteiger partial charge in [0.05, 0.1) is 5.56 Å². The highest BCUT2D eigenvalue weighted by Crippen LogP contribution is 2.22. The molecule has 4 nitrogen and oxygen atoms in total. The highest BCUT2D eigenvalue weighted by Gasteiger charge is 2.11. The standard InChI is InChI=1S/C18H18N2O2/c1-12-13(14-6-2-4-8-16(14)20-12)10-11-19-18(22)15-7-3-5-9-17(15)21/h2-9,20-21H,10-11H2,1H3,(H,19,22). The molecule has 0 bridgehead atoms. The molecule has 0 aliphatic heterocycles. The summed E-state index contributed by atoms with van der Waals surface area (Å²) in [4.78, 5) is 15.4. The summed E-state index contributed by atoms with van der Waals surface area (Å²) in [6.07, 6.45) is 0.745. The van der Waals surface area contributed by atoms with E-state index < -0.39 is 0 Å². The number of amides is 1. The van der Waals surface area contributed by atoms with E-state index in [1.165, 1.54) is 17.0 Å². The molecular formula is C18H18N2O2. The number of phenols is 1. The zero-order valence-corrected chi connectivity index (χ0v) is 12.4. The molecule has 22 heavy (non-hydrogen) atoms. The van der Waals surface area contributed by atoms with Gasteiger partial charge >= 0.3 is 0 Å². The topological polar surface area (TPSA) is 65.1 Å². The Kier molecular flexibility index (Phi) is 3.83. The molecule has 0 atom stereocenters. The SMILES string of the molecule is Cc1[nH]c2ccccc2c1CCNC(=O)c1ccccc1O. The number of benzene rings is 2. The van der Waals surface area contributed by atoms with Gasteiger partial charge in [0.25, 0.3) is 5.91 Å². The van der Waals surface area contributed by atoms with Gasteiger partial charge < -0.3 is 15.4 Å². The number of hydrogen-bond donors (Lipinski definition) is 3. The van der Waals surface area contributed by atoms with E-state index in [0.717, 1.165) is 17.6 Å². The second-order valence-corrected chi connectivity index (χ2v) is 5.30. The monoisotopic (exact) mass is 294 g/mol. The van der Waals surface area contributed by atoms with E-state index in [9.17, 15) is 9.90 Å². The zero-order valence-electron chi connectivity index (χ0n) is 12.4. The van der Waals surface area contributed by atoms with Crippen LogP contribution in [-0.4, -0.2) is 22.5 Å². The molecule has 0 fully saturated rings. The lowest BCUT2D eigenvalue weighted by atomic mass is 10.1. The van der Waals surface area contributed by atoms with Gasteiger partial charge in [0.15, 0.2) is 0 Å². The summed E-state index contributed by atoms with van der Waals surface area (Å²) in [5.41, 5.74) is 3.76. The van der Waals surface area contributed by atoms with Crippen molar-refractivity contribution in [2.45, 2.75) is 13.3 Å². The van der Waals surface area contributed by atoms with Crippen molar-refractivity contribution in [2.24, 2.45) is 0 Å². The average molecular weight is 294 g/mol. The van der Waals surface area contributed by atoms with Gasteiger partial charge in [-0.05, 0) is 37.1 Å². The molecule has 0 unspecified atom stereocenters. The Morgan fingerprint density at radius 1 is 1.14 bits per heavy atom. The molecule has 4 heteroatoms. The summed E-state index contributed by atoms with van der Waals surface area (Å²) in [6.45, 7) is 2.57. The molecule has 112 valence electrons. The summed E-state index contributed by atoms with van der Waals surface area (Å²) in [5.74, 6) is -0.251. The third-order valence-electron chi connectivity index (χ3n) is 3.84. The first-order chi connectivity index (χ1) is 10.7. The van der Waals surface area contributed by atoms with Gasteiger partial charge in [0.2, 0.25) is 0 Å². The smallest absolute Gasteiger partial charge is 0.255 e. The predicted molar refractivity (Wildman–Crippen MR) is 87.2 cm³/mol. The Hall–Kier alpha value is -2.75. The number of fused-ring (bicyclic) bond motifs is 1. The molecule has 1 amide bonds. The lowest BCUT2D eigenvalue weighted by Crippen LogP contribution is -2.25. The van der Waals surface area contributed by atoms with E-state index in [4.69, 9.17) is 0 Å². The summed E-state index contributed by atoms with van der Waals surface area (Å²) < 4.78 is 0. The summed E-state index contributed by atoms with van der Waals surface area (Å²) in [7, 11) is 0. The fourth-order valence-electron chi connectivity index (χ4n) is 2.72. The number of aryl methyl sites for hydroxylation is 1. The molecule has 0 radical (unpaired) electrons. The maximum atomic E-state index is 12.1. The first kappa shape index (κ1) is 14.2. The fourth-order valence-corrected chi connectivity index (χ4v) is 2.72. The van der Waals surface area contributed by atoms with Crippen LogP contribution in [0.3, 0.4) is 0 Å². The Morgan fingerprint density at radius 2 is 1.86 bits per heavy atom. The van der Waals surface area contributed by atoms with Crippen molar-refractivity contribution in [3.8, 4) is 5.75 Å². The largest absolute Gasteiger partial charge is 0.507 e. The van der Waals surface area contributed by atoms with E-state index in [2.05, 4.69) is 16.4 Å². The van der Waals surface area contributed by atoms with Crippen molar-refractivity contribution in [1.82, 2.24) is 10.3 Å². The molecule has 1 heterocycles. The summed E-state index contributed by atoms with van der Waals surface area (Å²) >= 11 is 0. The third-order valence-corrected chi connectivity index (χ3v) is 3.84. The fraction of sp³-hybridized carbons (Fsp3) is 0.167. The van der Waals surface area contributed by atoms with E-state index in [0.29, 0.717) is 12.1 Å². The van der Waals surface area contributed by atoms with Crippen molar-refractivity contribution in [1.29, 1.82) is 0 Å². The maximum Gasteiger partial charge on any atom is 0.255 e. The Balaban J connectivity index is 1.69. The van der Waals surface area contributed by atoms with Gasteiger partial charge in [-0.25, -0.2) is 0 Å². The third kappa shape index (κ3) is 2.68. The molecule has 0 aliphatic rings. The first-order valence-electron chi connectivity index (χ1n) is 7.29. The van der Waals surface area contributed by atoms with Crippen LogP contribution in [0.5, 0.6) is 5.75 Å². The number of aromatic hydroxyl groups is 1. The van der Waals surface area contributed by atoms with Gasteiger partial charge in [-0.3, -0.25) is 4.79 Å². The molecule has 2 aromatic carbocycles. The Bertz CT molecular complexity index is 821. The average Bonchev–Trinajstić information content (AvgIpc) is 2.83. The molecule has 0 saturated heterocycles. The second-order valence-electron chi connectivity index (χ2n) is 5.30. The van der Waals surface area contributed by atoms with E-state index >= 15 is 0 Å². The zero-order chi connectivity index (χ0) is 15.5. The lowest BCUT2D eigenvalue weighted by molar-refractivity contribution is 0.0951. The molecule has 1 aromatic heterocycles. The number of phenolic OH excluding ortho intramolecular Hbond substituents is 1. The van der Waals surface area contributed by atoms with Crippen LogP contribution in [0, 0.1) is 6.92 Å². The molecule has 3 aromatic rings. The first-order valence-corrected chi connectivity index (χ1v) is 7.29. The highest BCUT2D eigenvalue weighted by molar-refractivity contribution is 5.96. The van der Waals surface area contributed by atoms with Crippen molar-refractivity contribution in [3.05, 3.63) is 65.4 Å². The number of nitrogens with one attached hydrogen (secondary N) is 2. The van der Waals surface area contributed by atoms with Crippen LogP contribution in [-0.2, 0) is 6.42 Å².